The van der Waals surface area contributed by atoms with Crippen molar-refractivity contribution in [1.29, 1.82) is 0 Å². The number of amides is 1. The maximum atomic E-state index is 13.9. The number of carbonyl (C=O) groups excluding carboxylic acids is 2. The van der Waals surface area contributed by atoms with E-state index in [0.717, 1.165) is 24.0 Å². The highest BCUT2D eigenvalue weighted by atomic mass is 19.1. The van der Waals surface area contributed by atoms with Crippen molar-refractivity contribution in [1.82, 2.24) is 4.90 Å². The molecule has 2 aromatic rings. The van der Waals surface area contributed by atoms with Crippen LogP contribution in [-0.2, 0) is 40.1 Å². The van der Waals surface area contributed by atoms with Crippen molar-refractivity contribution in [2.24, 2.45) is 5.92 Å². The first-order valence-electron chi connectivity index (χ1n) is 12.1. The van der Waals surface area contributed by atoms with Gasteiger partial charge in [0, 0.05) is 50.0 Å². The predicted molar refractivity (Wildman–Crippen MR) is 124 cm³/mol. The molecule has 0 spiro atoms. The summed E-state index contributed by atoms with van der Waals surface area (Å²) in [5.41, 5.74) is 2.20. The third-order valence-corrected chi connectivity index (χ3v) is 6.95. The second-order valence-corrected chi connectivity index (χ2v) is 9.64. The Morgan fingerprint density at radius 1 is 0.944 bits per heavy atom. The summed E-state index contributed by atoms with van der Waals surface area (Å²) >= 11 is 0. The van der Waals surface area contributed by atoms with Crippen molar-refractivity contribution in [2.75, 3.05) is 6.54 Å². The molecule has 1 aliphatic carbocycles. The van der Waals surface area contributed by atoms with Gasteiger partial charge < -0.3 is 14.7 Å². The van der Waals surface area contributed by atoms with Gasteiger partial charge in [0.15, 0.2) is 0 Å². The number of hydrogen-bond donors (Lipinski definition) is 1. The minimum absolute atomic E-state index is 0.0140. The molecule has 1 aliphatic heterocycles. The molecule has 0 unspecified atom stereocenters. The average Bonchev–Trinajstić information content (AvgIpc) is 2.82. The van der Waals surface area contributed by atoms with Crippen molar-refractivity contribution in [2.45, 2.75) is 64.0 Å². The molecule has 0 radical (unpaired) electrons. The number of nitrogens with zero attached hydrogens (tertiary/aromatic N) is 1. The maximum absolute atomic E-state index is 13.9. The number of carboxylic acid groups (broad SMARTS) is 1. The molecular weight excluding hydrogens is 475 g/mol. The number of ketones is 1. The minimum atomic E-state index is -1.08. The highest BCUT2D eigenvalue weighted by molar-refractivity contribution is 5.83. The van der Waals surface area contributed by atoms with Crippen molar-refractivity contribution < 1.29 is 37.4 Å². The normalized spacial score (nSPS) is 19.5. The molecule has 36 heavy (non-hydrogen) atoms. The molecule has 1 saturated carbocycles. The lowest BCUT2D eigenvalue weighted by molar-refractivity contribution is -0.138. The molecule has 0 saturated heterocycles. The molecule has 1 N–H and O–H groups in total. The number of carbonyl (C=O) groups is 3. The molecule has 4 rings (SSSR count). The first-order chi connectivity index (χ1) is 17.2. The summed E-state index contributed by atoms with van der Waals surface area (Å²) in [5.74, 6) is -4.24. The minimum Gasteiger partial charge on any atom is -0.481 e. The molecule has 2 aliphatic rings. The Morgan fingerprint density at radius 2 is 1.64 bits per heavy atom. The van der Waals surface area contributed by atoms with E-state index in [4.69, 9.17) is 9.84 Å². The van der Waals surface area contributed by atoms with Crippen LogP contribution >= 0.6 is 0 Å². The summed E-state index contributed by atoms with van der Waals surface area (Å²) in [7, 11) is 0. The van der Waals surface area contributed by atoms with Crippen LogP contribution in [0, 0.1) is 23.4 Å². The van der Waals surface area contributed by atoms with Crippen LogP contribution in [0.2, 0.25) is 0 Å². The molecule has 0 atom stereocenters. The number of fused-ring (bicyclic) bond motifs is 1. The fourth-order valence-corrected chi connectivity index (χ4v) is 5.02. The van der Waals surface area contributed by atoms with Crippen molar-refractivity contribution in [3.8, 4) is 0 Å². The fraction of sp³-hybridized carbons (Fsp3) is 0.444. The summed E-state index contributed by atoms with van der Waals surface area (Å²) in [4.78, 5) is 37.6. The maximum Gasteiger partial charge on any atom is 0.410 e. The zero-order valence-electron chi connectivity index (χ0n) is 19.8. The van der Waals surface area contributed by atoms with Crippen LogP contribution in [0.5, 0.6) is 0 Å². The monoisotopic (exact) mass is 503 g/mol. The van der Waals surface area contributed by atoms with E-state index in [-0.39, 0.29) is 31.0 Å². The number of carboxylic acids is 1. The van der Waals surface area contributed by atoms with E-state index in [9.17, 15) is 27.6 Å². The number of ether oxygens (including phenoxy) is 1. The summed E-state index contributed by atoms with van der Waals surface area (Å²) in [6.45, 7) is 0.840. The lowest BCUT2D eigenvalue weighted by Crippen LogP contribution is -2.39. The molecular formula is C27H28F3NO5. The lowest BCUT2D eigenvalue weighted by Gasteiger charge is -2.32. The predicted octanol–water partition coefficient (Wildman–Crippen LogP) is 4.99. The Kier molecular flexibility index (Phi) is 7.96. The lowest BCUT2D eigenvalue weighted by atomic mass is 9.85. The second kappa shape index (κ2) is 11.1. The largest absolute Gasteiger partial charge is 0.481 e. The molecule has 2 aromatic carbocycles. The molecule has 1 amide bonds. The summed E-state index contributed by atoms with van der Waals surface area (Å²) in [5, 5.41) is 8.93. The van der Waals surface area contributed by atoms with E-state index in [0.29, 0.717) is 50.0 Å². The van der Waals surface area contributed by atoms with Gasteiger partial charge >= 0.3 is 12.1 Å². The van der Waals surface area contributed by atoms with Crippen LogP contribution in [0.1, 0.15) is 54.4 Å². The Morgan fingerprint density at radius 3 is 2.31 bits per heavy atom. The van der Waals surface area contributed by atoms with E-state index in [1.165, 1.54) is 0 Å². The van der Waals surface area contributed by atoms with Crippen LogP contribution in [0.4, 0.5) is 18.0 Å². The van der Waals surface area contributed by atoms with E-state index < -0.39 is 41.2 Å². The van der Waals surface area contributed by atoms with Gasteiger partial charge in [0.25, 0.3) is 0 Å². The van der Waals surface area contributed by atoms with Gasteiger partial charge in [-0.3, -0.25) is 9.59 Å². The highest BCUT2D eigenvalue weighted by Gasteiger charge is 2.28. The highest BCUT2D eigenvalue weighted by Crippen LogP contribution is 2.29. The SMILES string of the molecule is O=C(O)CC1CCC(OC(=O)N2CCc3cc(CC(=O)Cc4c(F)cc(F)cc4F)ccc3C2)CC1. The van der Waals surface area contributed by atoms with Crippen molar-refractivity contribution in [3.63, 3.8) is 0 Å². The zero-order valence-corrected chi connectivity index (χ0v) is 19.8. The summed E-state index contributed by atoms with van der Waals surface area (Å²) in [6, 6.07) is 6.59. The number of Topliss-reactive ketones (excluding diaryl/α,β-unsaturated/α-hetero) is 1. The number of benzene rings is 2. The van der Waals surface area contributed by atoms with Gasteiger partial charge in [0.05, 0.1) is 0 Å². The van der Waals surface area contributed by atoms with E-state index in [2.05, 4.69) is 0 Å². The molecule has 0 bridgehead atoms. The van der Waals surface area contributed by atoms with Crippen LogP contribution in [0.25, 0.3) is 0 Å². The van der Waals surface area contributed by atoms with Crippen molar-refractivity contribution in [3.05, 3.63) is 70.0 Å². The molecule has 192 valence electrons. The second-order valence-electron chi connectivity index (χ2n) is 9.64. The third-order valence-electron chi connectivity index (χ3n) is 6.95. The topological polar surface area (TPSA) is 83.9 Å². The zero-order chi connectivity index (χ0) is 25.8. The number of halogens is 3. The molecule has 0 aromatic heterocycles. The van der Waals surface area contributed by atoms with Gasteiger partial charge in [-0.25, -0.2) is 18.0 Å². The molecule has 1 fully saturated rings. The van der Waals surface area contributed by atoms with Crippen LogP contribution < -0.4 is 0 Å². The molecule has 9 heteroatoms. The smallest absolute Gasteiger partial charge is 0.410 e. The first kappa shape index (κ1) is 25.7. The first-order valence-corrected chi connectivity index (χ1v) is 12.1. The van der Waals surface area contributed by atoms with Gasteiger partial charge in [0.1, 0.15) is 29.3 Å². The quantitative estimate of drug-likeness (QED) is 0.576. The van der Waals surface area contributed by atoms with Gasteiger partial charge in [-0.15, -0.1) is 0 Å². The summed E-state index contributed by atoms with van der Waals surface area (Å²) in [6.07, 6.45) is 2.46. The third kappa shape index (κ3) is 6.44. The van der Waals surface area contributed by atoms with E-state index >= 15 is 0 Å². The fourth-order valence-electron chi connectivity index (χ4n) is 5.02. The molecule has 6 nitrogen and oxygen atoms in total. The Bertz CT molecular complexity index is 1140. The standard InChI is InChI=1S/C27H28F3NO5/c28-20-12-24(29)23(25(30)13-20)14-21(32)10-17-1-4-19-15-31(8-7-18(19)9-17)27(35)36-22-5-2-16(3-6-22)11-26(33)34/h1,4,9,12-13,16,22H,2-3,5-8,10-11,14-15H2,(H,33,34). The van der Waals surface area contributed by atoms with Gasteiger partial charge in [-0.1, -0.05) is 18.2 Å². The number of aliphatic carboxylic acids is 1. The molecule has 1 heterocycles. The van der Waals surface area contributed by atoms with Gasteiger partial charge in [0.2, 0.25) is 0 Å². The van der Waals surface area contributed by atoms with Crippen molar-refractivity contribution >= 4 is 17.8 Å². The van der Waals surface area contributed by atoms with Gasteiger partial charge in [-0.2, -0.15) is 0 Å². The van der Waals surface area contributed by atoms with Crippen LogP contribution in [-0.4, -0.2) is 40.5 Å². The van der Waals surface area contributed by atoms with E-state index in [1.54, 1.807) is 11.0 Å². The number of hydrogen-bond acceptors (Lipinski definition) is 4. The van der Waals surface area contributed by atoms with Gasteiger partial charge in [-0.05, 0) is 54.7 Å². The Hall–Kier alpha value is -3.36. The van der Waals surface area contributed by atoms with E-state index in [1.807, 2.05) is 12.1 Å². The van der Waals surface area contributed by atoms with Crippen LogP contribution in [0.3, 0.4) is 0 Å². The average molecular weight is 504 g/mol. The summed E-state index contributed by atoms with van der Waals surface area (Å²) < 4.78 is 46.5. The Balaban J connectivity index is 1.29. The van der Waals surface area contributed by atoms with Crippen LogP contribution in [0.15, 0.2) is 30.3 Å². The Labute approximate surface area is 207 Å². The number of rotatable bonds is 7.